The van der Waals surface area contributed by atoms with Gasteiger partial charge in [0.15, 0.2) is 0 Å². The molecule has 20 heavy (non-hydrogen) atoms. The normalized spacial score (nSPS) is 18.9. The number of benzene rings is 1. The summed E-state index contributed by atoms with van der Waals surface area (Å²) in [6.07, 6.45) is 5.01. The van der Waals surface area contributed by atoms with Gasteiger partial charge in [-0.15, -0.1) is 6.42 Å². The zero-order valence-electron chi connectivity index (χ0n) is 10.7. The predicted octanol–water partition coefficient (Wildman–Crippen LogP) is 0.0924. The van der Waals surface area contributed by atoms with Crippen LogP contribution in [-0.4, -0.2) is 32.7 Å². The summed E-state index contributed by atoms with van der Waals surface area (Å²) in [7, 11) is -3.74. The van der Waals surface area contributed by atoms with Crippen molar-refractivity contribution in [2.45, 2.75) is 11.7 Å². The van der Waals surface area contributed by atoms with Crippen molar-refractivity contribution in [3.8, 4) is 18.1 Å². The Kier molecular flexibility index (Phi) is 3.97. The van der Waals surface area contributed by atoms with E-state index in [1.165, 1.54) is 4.90 Å². The molecule has 1 amide bonds. The Morgan fingerprint density at radius 1 is 1.45 bits per heavy atom. The number of carbonyl (C=O) groups is 1. The minimum absolute atomic E-state index is 0.0219. The van der Waals surface area contributed by atoms with E-state index in [2.05, 4.69) is 5.92 Å². The molecule has 0 radical (unpaired) electrons. The lowest BCUT2D eigenvalue weighted by Gasteiger charge is -2.19. The lowest BCUT2D eigenvalue weighted by Crippen LogP contribution is -2.32. The number of nitrogens with zero attached hydrogens (tertiary/aromatic N) is 1. The van der Waals surface area contributed by atoms with E-state index >= 15 is 0 Å². The number of amides is 1. The largest absolute Gasteiger partial charge is 0.479 e. The quantitative estimate of drug-likeness (QED) is 0.797. The number of carbonyl (C=O) groups excluding carboxylic acids is 1. The van der Waals surface area contributed by atoms with E-state index in [-0.39, 0.29) is 25.5 Å². The molecule has 1 unspecified atom stereocenters. The smallest absolute Gasteiger partial charge is 0.228 e. The van der Waals surface area contributed by atoms with Gasteiger partial charge in [-0.05, 0) is 12.1 Å². The number of hydrogen-bond acceptors (Lipinski definition) is 4. The average Bonchev–Trinajstić information content (AvgIpc) is 2.79. The Labute approximate surface area is 117 Å². The number of para-hydroxylation sites is 2. The van der Waals surface area contributed by atoms with Gasteiger partial charge >= 0.3 is 0 Å². The molecule has 1 aliphatic rings. The second-order valence-corrected chi connectivity index (χ2v) is 6.22. The molecular weight excluding hydrogens is 280 g/mol. The van der Waals surface area contributed by atoms with Crippen molar-refractivity contribution in [1.29, 1.82) is 0 Å². The number of ether oxygens (including phenoxy) is 1. The highest BCUT2D eigenvalue weighted by molar-refractivity contribution is 7.89. The molecule has 1 fully saturated rings. The summed E-state index contributed by atoms with van der Waals surface area (Å²) in [5, 5.41) is 4.20. The monoisotopic (exact) mass is 294 g/mol. The van der Waals surface area contributed by atoms with Crippen LogP contribution in [0.1, 0.15) is 6.42 Å². The topological polar surface area (TPSA) is 89.7 Å². The fraction of sp³-hybridized carbons (Fsp3) is 0.308. The van der Waals surface area contributed by atoms with Gasteiger partial charge in [-0.3, -0.25) is 4.79 Å². The van der Waals surface area contributed by atoms with Crippen LogP contribution in [0.25, 0.3) is 0 Å². The molecule has 1 saturated heterocycles. The molecule has 1 heterocycles. The third-order valence-corrected chi connectivity index (χ3v) is 4.27. The zero-order valence-corrected chi connectivity index (χ0v) is 11.5. The van der Waals surface area contributed by atoms with Gasteiger partial charge in [0.25, 0.3) is 0 Å². The summed E-state index contributed by atoms with van der Waals surface area (Å²) in [4.78, 5) is 13.3. The molecule has 7 heteroatoms. The minimum atomic E-state index is -3.74. The Hall–Kier alpha value is -2.04. The van der Waals surface area contributed by atoms with Crippen molar-refractivity contribution in [2.75, 3.05) is 18.1 Å². The fourth-order valence-electron chi connectivity index (χ4n) is 2.05. The van der Waals surface area contributed by atoms with E-state index in [1.54, 1.807) is 24.3 Å². The first-order valence-corrected chi connectivity index (χ1v) is 7.51. The maximum Gasteiger partial charge on any atom is 0.228 e. The van der Waals surface area contributed by atoms with Gasteiger partial charge in [-0.1, -0.05) is 18.1 Å². The van der Waals surface area contributed by atoms with Gasteiger partial charge < -0.3 is 9.64 Å². The molecule has 0 saturated carbocycles. The zero-order chi connectivity index (χ0) is 14.8. The van der Waals surface area contributed by atoms with Crippen LogP contribution in [-0.2, 0) is 14.8 Å². The third-order valence-electron chi connectivity index (χ3n) is 3.02. The van der Waals surface area contributed by atoms with E-state index in [4.69, 9.17) is 16.3 Å². The second-order valence-electron chi connectivity index (χ2n) is 4.38. The van der Waals surface area contributed by atoms with Crippen molar-refractivity contribution >= 4 is 21.6 Å². The average molecular weight is 294 g/mol. The van der Waals surface area contributed by atoms with Gasteiger partial charge in [0.05, 0.1) is 5.69 Å². The molecule has 0 aromatic heterocycles. The molecule has 0 spiro atoms. The summed E-state index contributed by atoms with van der Waals surface area (Å²) < 4.78 is 28.1. The molecule has 2 rings (SSSR count). The Bertz CT molecular complexity index is 663. The van der Waals surface area contributed by atoms with E-state index in [1.807, 2.05) is 0 Å². The number of sulfonamides is 1. The molecular formula is C13H14N2O4S. The summed E-state index contributed by atoms with van der Waals surface area (Å²) >= 11 is 0. The molecule has 2 N–H and O–H groups in total. The number of terminal acetylenes is 1. The molecule has 0 aliphatic carbocycles. The van der Waals surface area contributed by atoms with Crippen LogP contribution in [0.5, 0.6) is 5.75 Å². The highest BCUT2D eigenvalue weighted by Gasteiger charge is 2.38. The van der Waals surface area contributed by atoms with Crippen molar-refractivity contribution in [2.24, 2.45) is 5.14 Å². The number of nitrogens with two attached hydrogens (primary N) is 1. The molecule has 1 atom stereocenters. The third kappa shape index (κ3) is 2.92. The van der Waals surface area contributed by atoms with Crippen molar-refractivity contribution in [1.82, 2.24) is 0 Å². The molecule has 1 aromatic rings. The summed E-state index contributed by atoms with van der Waals surface area (Å²) in [6.45, 7) is 0.0890. The Balaban J connectivity index is 2.29. The van der Waals surface area contributed by atoms with Gasteiger partial charge in [0.1, 0.15) is 17.6 Å². The SMILES string of the molecule is C#CCOc1ccccc1N1CC(S(N)(=O)=O)CC1=O. The van der Waals surface area contributed by atoms with Crippen molar-refractivity contribution in [3.63, 3.8) is 0 Å². The van der Waals surface area contributed by atoms with Gasteiger partial charge in [-0.25, -0.2) is 13.6 Å². The van der Waals surface area contributed by atoms with E-state index in [9.17, 15) is 13.2 Å². The molecule has 6 nitrogen and oxygen atoms in total. The van der Waals surface area contributed by atoms with E-state index < -0.39 is 15.3 Å². The second kappa shape index (κ2) is 5.53. The van der Waals surface area contributed by atoms with Crippen LogP contribution in [0.3, 0.4) is 0 Å². The first-order valence-electron chi connectivity index (χ1n) is 5.90. The highest BCUT2D eigenvalue weighted by atomic mass is 32.2. The number of hydrogen-bond donors (Lipinski definition) is 1. The van der Waals surface area contributed by atoms with Crippen LogP contribution >= 0.6 is 0 Å². The molecule has 1 aromatic carbocycles. The van der Waals surface area contributed by atoms with Crippen LogP contribution < -0.4 is 14.8 Å². The fourth-order valence-corrected chi connectivity index (χ4v) is 2.78. The lowest BCUT2D eigenvalue weighted by atomic mass is 10.2. The van der Waals surface area contributed by atoms with Gasteiger partial charge in [0.2, 0.25) is 15.9 Å². The molecule has 1 aliphatic heterocycles. The number of anilines is 1. The highest BCUT2D eigenvalue weighted by Crippen LogP contribution is 2.32. The van der Waals surface area contributed by atoms with Gasteiger partial charge in [0, 0.05) is 13.0 Å². The number of primary sulfonamides is 1. The standard InChI is InChI=1S/C13H14N2O4S/c1-2-7-19-12-6-4-3-5-11(12)15-9-10(8-13(15)16)20(14,17)18/h1,3-6,10H,7-9H2,(H2,14,17,18). The predicted molar refractivity (Wildman–Crippen MR) is 74.6 cm³/mol. The Morgan fingerprint density at radius 3 is 2.75 bits per heavy atom. The van der Waals surface area contributed by atoms with Crippen LogP contribution in [0.4, 0.5) is 5.69 Å². The van der Waals surface area contributed by atoms with Crippen LogP contribution in [0.2, 0.25) is 0 Å². The van der Waals surface area contributed by atoms with Crippen LogP contribution in [0.15, 0.2) is 24.3 Å². The van der Waals surface area contributed by atoms with Crippen molar-refractivity contribution < 1.29 is 17.9 Å². The van der Waals surface area contributed by atoms with E-state index in [0.717, 1.165) is 0 Å². The Morgan fingerprint density at radius 2 is 2.15 bits per heavy atom. The molecule has 106 valence electrons. The maximum absolute atomic E-state index is 12.0. The number of rotatable bonds is 4. The summed E-state index contributed by atoms with van der Waals surface area (Å²) in [6, 6.07) is 6.82. The van der Waals surface area contributed by atoms with E-state index in [0.29, 0.717) is 11.4 Å². The summed E-state index contributed by atoms with van der Waals surface area (Å²) in [5.74, 6) is 2.47. The first-order chi connectivity index (χ1) is 9.43. The molecule has 0 bridgehead atoms. The maximum atomic E-state index is 12.0. The first kappa shape index (κ1) is 14.4. The van der Waals surface area contributed by atoms with Crippen LogP contribution in [0, 0.1) is 12.3 Å². The summed E-state index contributed by atoms with van der Waals surface area (Å²) in [5.41, 5.74) is 0.499. The van der Waals surface area contributed by atoms with Crippen molar-refractivity contribution in [3.05, 3.63) is 24.3 Å². The lowest BCUT2D eigenvalue weighted by molar-refractivity contribution is -0.117. The van der Waals surface area contributed by atoms with Gasteiger partial charge in [-0.2, -0.15) is 0 Å². The minimum Gasteiger partial charge on any atom is -0.479 e.